The van der Waals surface area contributed by atoms with Crippen molar-refractivity contribution in [2.45, 2.75) is 37.5 Å². The molecular weight excluding hydrogens is 364 g/mol. The molecule has 0 aliphatic heterocycles. The molecule has 0 atom stereocenters. The van der Waals surface area contributed by atoms with E-state index in [1.54, 1.807) is 0 Å². The molecule has 0 amide bonds. The van der Waals surface area contributed by atoms with Crippen molar-refractivity contribution in [1.82, 2.24) is 0 Å². The smallest absolute Gasteiger partial charge is 0.305 e. The molecular formula is C21H24O3S2. The number of rotatable bonds is 8. The molecule has 0 spiro atoms. The lowest BCUT2D eigenvalue weighted by atomic mass is 9.98. The maximum Gasteiger partial charge on any atom is 0.305 e. The van der Waals surface area contributed by atoms with Crippen molar-refractivity contribution in [2.75, 3.05) is 13.4 Å². The van der Waals surface area contributed by atoms with Gasteiger partial charge in [-0.05, 0) is 61.3 Å². The van der Waals surface area contributed by atoms with Crippen molar-refractivity contribution in [3.63, 3.8) is 0 Å². The Morgan fingerprint density at radius 1 is 1.15 bits per heavy atom. The number of aromatic hydroxyl groups is 1. The Hall–Kier alpha value is -1.85. The van der Waals surface area contributed by atoms with Crippen LogP contribution in [-0.2, 0) is 16.0 Å². The van der Waals surface area contributed by atoms with Gasteiger partial charge in [0.1, 0.15) is 5.75 Å². The van der Waals surface area contributed by atoms with Gasteiger partial charge < -0.3 is 9.84 Å². The number of esters is 1. The number of hydrogen-bond acceptors (Lipinski definition) is 5. The Morgan fingerprint density at radius 3 is 2.46 bits per heavy atom. The fraction of sp³-hybridized carbons (Fsp3) is 0.333. The Kier molecular flexibility index (Phi) is 7.66. The first kappa shape index (κ1) is 20.5. The molecule has 0 heterocycles. The second-order valence-electron chi connectivity index (χ2n) is 6.16. The van der Waals surface area contributed by atoms with E-state index < -0.39 is 0 Å². The van der Waals surface area contributed by atoms with Crippen LogP contribution in [0.5, 0.6) is 5.75 Å². The summed E-state index contributed by atoms with van der Waals surface area (Å²) in [4.78, 5) is 12.8. The van der Waals surface area contributed by atoms with Gasteiger partial charge in [-0.3, -0.25) is 4.79 Å². The van der Waals surface area contributed by atoms with Crippen LogP contribution in [0.25, 0.3) is 0 Å². The Bertz CT molecular complexity index is 783. The van der Waals surface area contributed by atoms with Gasteiger partial charge >= 0.3 is 5.97 Å². The third kappa shape index (κ3) is 5.32. The predicted octanol–water partition coefficient (Wildman–Crippen LogP) is 5.07. The van der Waals surface area contributed by atoms with Gasteiger partial charge in [0.25, 0.3) is 0 Å². The summed E-state index contributed by atoms with van der Waals surface area (Å²) in [5.74, 6) is 0.111. The molecule has 0 saturated heterocycles. The van der Waals surface area contributed by atoms with Crippen LogP contribution in [0.2, 0.25) is 0 Å². The number of hydrogen-bond donors (Lipinski definition) is 1. The molecule has 0 aliphatic carbocycles. The number of thiocarbonyl (C=S) groups is 1. The van der Waals surface area contributed by atoms with Crippen LogP contribution in [0.4, 0.5) is 0 Å². The first-order valence-corrected chi connectivity index (χ1v) is 10.2. The average Bonchev–Trinajstić information content (AvgIpc) is 2.66. The van der Waals surface area contributed by atoms with E-state index in [1.807, 2.05) is 49.6 Å². The summed E-state index contributed by atoms with van der Waals surface area (Å²) < 4.78 is 4.66. The summed E-state index contributed by atoms with van der Waals surface area (Å²) >= 11 is 7.18. The summed E-state index contributed by atoms with van der Waals surface area (Å²) in [5, 5.41) is 10.5. The number of ether oxygens (including phenoxy) is 1. The van der Waals surface area contributed by atoms with E-state index in [0.29, 0.717) is 18.6 Å². The summed E-state index contributed by atoms with van der Waals surface area (Å²) in [6, 6.07) is 12.1. The van der Waals surface area contributed by atoms with Gasteiger partial charge in [0.15, 0.2) is 0 Å². The number of phenols is 1. The van der Waals surface area contributed by atoms with E-state index in [4.69, 9.17) is 12.2 Å². The SMILES string of the molecule is COC(=O)CCCCc1cc(C(=S)c2ccc(C)cc2)cc(SC)c1O. The van der Waals surface area contributed by atoms with Gasteiger partial charge in [0.2, 0.25) is 0 Å². The van der Waals surface area contributed by atoms with Crippen LogP contribution in [0.1, 0.15) is 41.5 Å². The molecule has 26 heavy (non-hydrogen) atoms. The third-order valence-electron chi connectivity index (χ3n) is 4.25. The molecule has 5 heteroatoms. The maximum absolute atomic E-state index is 11.2. The lowest BCUT2D eigenvalue weighted by molar-refractivity contribution is -0.140. The topological polar surface area (TPSA) is 46.5 Å². The maximum atomic E-state index is 11.2. The summed E-state index contributed by atoms with van der Waals surface area (Å²) in [6.45, 7) is 2.05. The van der Waals surface area contributed by atoms with Crippen molar-refractivity contribution in [2.24, 2.45) is 0 Å². The molecule has 3 nitrogen and oxygen atoms in total. The molecule has 2 aromatic carbocycles. The fourth-order valence-corrected chi connectivity index (χ4v) is 3.52. The van der Waals surface area contributed by atoms with Gasteiger partial charge in [0.05, 0.1) is 12.0 Å². The molecule has 0 aromatic heterocycles. The van der Waals surface area contributed by atoms with Gasteiger partial charge in [-0.2, -0.15) is 0 Å². The van der Waals surface area contributed by atoms with Crippen LogP contribution < -0.4 is 0 Å². The van der Waals surface area contributed by atoms with Crippen molar-refractivity contribution >= 4 is 34.8 Å². The number of carbonyl (C=O) groups excluding carboxylic acids is 1. The summed E-state index contributed by atoms with van der Waals surface area (Å²) in [7, 11) is 1.40. The highest BCUT2D eigenvalue weighted by Crippen LogP contribution is 2.33. The standard InChI is InChI=1S/C21H24O3S2/c1-14-8-10-15(11-9-14)21(25)17-12-16(20(23)18(13-17)26-3)6-4-5-7-19(22)24-2/h8-13,23H,4-7H2,1-3H3. The normalized spacial score (nSPS) is 10.6. The summed E-state index contributed by atoms with van der Waals surface area (Å²) in [6.07, 6.45) is 4.56. The minimum Gasteiger partial charge on any atom is -0.506 e. The monoisotopic (exact) mass is 388 g/mol. The van der Waals surface area contributed by atoms with E-state index in [1.165, 1.54) is 24.4 Å². The zero-order chi connectivity index (χ0) is 19.1. The van der Waals surface area contributed by atoms with Crippen molar-refractivity contribution in [3.8, 4) is 5.75 Å². The molecule has 0 bridgehead atoms. The van der Waals surface area contributed by atoms with E-state index in [9.17, 15) is 9.90 Å². The third-order valence-corrected chi connectivity index (χ3v) is 5.48. The Labute approximate surface area is 164 Å². The lowest BCUT2D eigenvalue weighted by Gasteiger charge is -2.13. The summed E-state index contributed by atoms with van der Waals surface area (Å²) in [5.41, 5.74) is 4.00. The van der Waals surface area contributed by atoms with Gasteiger partial charge in [0, 0.05) is 11.3 Å². The number of thioether (sulfide) groups is 1. The quantitative estimate of drug-likeness (QED) is 0.225. The largest absolute Gasteiger partial charge is 0.506 e. The number of phenolic OH excluding ortho intramolecular Hbond substituents is 1. The first-order chi connectivity index (χ1) is 12.5. The van der Waals surface area contributed by atoms with E-state index in [2.05, 4.69) is 4.74 Å². The van der Waals surface area contributed by atoms with E-state index >= 15 is 0 Å². The van der Waals surface area contributed by atoms with E-state index in [0.717, 1.165) is 39.3 Å². The fourth-order valence-electron chi connectivity index (χ4n) is 2.70. The average molecular weight is 389 g/mol. The molecule has 0 saturated carbocycles. The van der Waals surface area contributed by atoms with Crippen molar-refractivity contribution in [1.29, 1.82) is 0 Å². The van der Waals surface area contributed by atoms with Gasteiger partial charge in [-0.25, -0.2) is 0 Å². The molecule has 0 unspecified atom stereocenters. The molecule has 1 N–H and O–H groups in total. The molecule has 2 rings (SSSR count). The first-order valence-electron chi connectivity index (χ1n) is 8.54. The number of methoxy groups -OCH3 is 1. The van der Waals surface area contributed by atoms with Crippen molar-refractivity contribution in [3.05, 3.63) is 58.7 Å². The highest BCUT2D eigenvalue weighted by molar-refractivity contribution is 7.98. The van der Waals surface area contributed by atoms with Crippen LogP contribution in [0, 0.1) is 6.92 Å². The number of aryl methyl sites for hydroxylation is 2. The predicted molar refractivity (Wildman–Crippen MR) is 111 cm³/mol. The zero-order valence-electron chi connectivity index (χ0n) is 15.4. The number of unbranched alkanes of at least 4 members (excludes halogenated alkanes) is 1. The number of benzene rings is 2. The minimum absolute atomic E-state index is 0.201. The molecule has 0 aliphatic rings. The molecule has 0 radical (unpaired) electrons. The van der Waals surface area contributed by atoms with Crippen molar-refractivity contribution < 1.29 is 14.6 Å². The van der Waals surface area contributed by atoms with Gasteiger partial charge in [-0.1, -0.05) is 42.0 Å². The number of carbonyl (C=O) groups is 1. The lowest BCUT2D eigenvalue weighted by Crippen LogP contribution is -2.03. The molecule has 138 valence electrons. The second-order valence-corrected chi connectivity index (χ2v) is 7.42. The highest BCUT2D eigenvalue weighted by Gasteiger charge is 2.13. The van der Waals surface area contributed by atoms with E-state index in [-0.39, 0.29) is 5.97 Å². The van der Waals surface area contributed by atoms with Crippen LogP contribution in [0.15, 0.2) is 41.3 Å². The Balaban J connectivity index is 2.20. The van der Waals surface area contributed by atoms with Gasteiger partial charge in [-0.15, -0.1) is 11.8 Å². The highest BCUT2D eigenvalue weighted by atomic mass is 32.2. The minimum atomic E-state index is -0.201. The Morgan fingerprint density at radius 2 is 1.85 bits per heavy atom. The molecule has 2 aromatic rings. The molecule has 0 fully saturated rings. The second kappa shape index (κ2) is 9.74. The zero-order valence-corrected chi connectivity index (χ0v) is 17.0. The van der Waals surface area contributed by atoms with Crippen LogP contribution in [0.3, 0.4) is 0 Å². The van der Waals surface area contributed by atoms with Crippen LogP contribution >= 0.6 is 24.0 Å². The van der Waals surface area contributed by atoms with Crippen LogP contribution in [-0.4, -0.2) is 29.3 Å².